The lowest BCUT2D eigenvalue weighted by Gasteiger charge is -2.17. The van der Waals surface area contributed by atoms with Crippen LogP contribution in [0.3, 0.4) is 0 Å². The Kier molecular flexibility index (Phi) is 2.53. The molecule has 0 saturated heterocycles. The van der Waals surface area contributed by atoms with E-state index in [1.165, 1.54) is 0 Å². The molecule has 0 aliphatic carbocycles. The molecule has 78 valence electrons. The van der Waals surface area contributed by atoms with Crippen molar-refractivity contribution in [2.45, 2.75) is 53.3 Å². The van der Waals surface area contributed by atoms with Crippen molar-refractivity contribution in [3.05, 3.63) is 34.4 Å². The Morgan fingerprint density at radius 2 is 1.29 bits per heavy atom. The maximum atomic E-state index is 8.15. The molecule has 0 N–H and O–H groups in total. The third-order valence-corrected chi connectivity index (χ3v) is 2.63. The van der Waals surface area contributed by atoms with Gasteiger partial charge in [-0.15, -0.1) is 0 Å². The van der Waals surface area contributed by atoms with Gasteiger partial charge in [-0.25, -0.2) is 0 Å². The zero-order valence-corrected chi connectivity index (χ0v) is 10.2. The molecule has 0 fully saturated rings. The summed E-state index contributed by atoms with van der Waals surface area (Å²) in [6.07, 6.45) is 0. The van der Waals surface area contributed by atoms with E-state index in [0.29, 0.717) is 0 Å². The van der Waals surface area contributed by atoms with E-state index in [0.717, 1.165) is 22.3 Å². The molecule has 0 heteroatoms. The van der Waals surface area contributed by atoms with Crippen LogP contribution in [0.25, 0.3) is 0 Å². The minimum absolute atomic E-state index is 0.601. The van der Waals surface area contributed by atoms with Gasteiger partial charge in [0.1, 0.15) is 0 Å². The Bertz CT molecular complexity index is 357. The predicted octanol–water partition coefficient (Wildman–Crippen LogP) is 4.55. The Labute approximate surface area is 91.2 Å². The van der Waals surface area contributed by atoms with Crippen LogP contribution < -0.4 is 0 Å². The van der Waals surface area contributed by atoms with Gasteiger partial charge in [0.2, 0.25) is 0 Å². The van der Waals surface area contributed by atoms with E-state index in [4.69, 9.17) is 2.74 Å². The van der Waals surface area contributed by atoms with Crippen LogP contribution in [0.5, 0.6) is 0 Å². The lowest BCUT2D eigenvalue weighted by atomic mass is 9.88. The van der Waals surface area contributed by atoms with E-state index >= 15 is 0 Å². The summed E-state index contributed by atoms with van der Waals surface area (Å²) in [5.41, 5.74) is 4.28. The molecule has 0 aliphatic heterocycles. The van der Waals surface area contributed by atoms with E-state index in [1.54, 1.807) is 0 Å². The lowest BCUT2D eigenvalue weighted by molar-refractivity contribution is 0.814. The van der Waals surface area contributed by atoms with Crippen molar-refractivity contribution in [3.63, 3.8) is 0 Å². The van der Waals surface area contributed by atoms with Crippen molar-refractivity contribution in [3.8, 4) is 0 Å². The van der Waals surface area contributed by atoms with Crippen LogP contribution in [0.4, 0.5) is 0 Å². The second-order valence-corrected chi connectivity index (χ2v) is 4.49. The van der Waals surface area contributed by atoms with Crippen LogP contribution in [0.2, 0.25) is 0 Å². The lowest BCUT2D eigenvalue weighted by Crippen LogP contribution is -2.00. The zero-order chi connectivity index (χ0) is 12.7. The number of benzene rings is 1. The molecule has 0 heterocycles. The van der Waals surface area contributed by atoms with Gasteiger partial charge >= 0.3 is 0 Å². The Morgan fingerprint density at radius 1 is 0.929 bits per heavy atom. The summed E-state index contributed by atoms with van der Waals surface area (Å²) in [6, 6.07) is 4.13. The minimum atomic E-state index is -0.601. The average molecular weight is 192 g/mol. The highest BCUT2D eigenvalue weighted by molar-refractivity contribution is 5.41. The highest BCUT2D eigenvalue weighted by Crippen LogP contribution is 2.28. The molecule has 1 aromatic rings. The topological polar surface area (TPSA) is 0 Å². The summed E-state index contributed by atoms with van der Waals surface area (Å²) in [4.78, 5) is 0. The summed E-state index contributed by atoms with van der Waals surface area (Å²) >= 11 is 0. The Balaban J connectivity index is 3.51. The Hall–Kier alpha value is -0.780. The van der Waals surface area contributed by atoms with Gasteiger partial charge in [-0.2, -0.15) is 0 Å². The highest BCUT2D eigenvalue weighted by Gasteiger charge is 2.10. The molecule has 0 aliphatic rings. The molecule has 0 nitrogen and oxygen atoms in total. The number of aryl methyl sites for hydroxylation is 1. The first kappa shape index (κ1) is 8.52. The molecule has 0 radical (unpaired) electrons. The molecule has 0 unspecified atom stereocenters. The van der Waals surface area contributed by atoms with Crippen molar-refractivity contribution in [1.82, 2.24) is 0 Å². The van der Waals surface area contributed by atoms with Crippen LogP contribution in [0, 0.1) is 13.8 Å². The monoisotopic (exact) mass is 192 g/mol. The average Bonchev–Trinajstić information content (AvgIpc) is 2.04. The van der Waals surface area contributed by atoms with Gasteiger partial charge in [0, 0.05) is 2.74 Å². The quantitative estimate of drug-likeness (QED) is 0.645. The molecule has 0 bridgehead atoms. The van der Waals surface area contributed by atoms with Gasteiger partial charge in [0.15, 0.2) is 0 Å². The van der Waals surface area contributed by atoms with Gasteiger partial charge in [-0.3, -0.25) is 0 Å². The zero-order valence-electron chi connectivity index (χ0n) is 12.2. The van der Waals surface area contributed by atoms with Crippen molar-refractivity contribution < 1.29 is 2.74 Å². The summed E-state index contributed by atoms with van der Waals surface area (Å²) in [5, 5.41) is 0. The maximum Gasteiger partial charge on any atom is 0.0347 e. The summed E-state index contributed by atoms with van der Waals surface area (Å²) in [6.45, 7) is 11.6. The van der Waals surface area contributed by atoms with Crippen molar-refractivity contribution in [2.75, 3.05) is 0 Å². The summed E-state index contributed by atoms with van der Waals surface area (Å²) in [5.74, 6) is -1.20. The predicted molar refractivity (Wildman–Crippen MR) is 64.1 cm³/mol. The maximum absolute atomic E-state index is 8.15. The Morgan fingerprint density at radius 3 is 1.57 bits per heavy atom. The van der Waals surface area contributed by atoms with E-state index < -0.39 is 11.8 Å². The number of hydrogen-bond donors (Lipinski definition) is 0. The molecule has 0 amide bonds. The molecule has 1 aromatic carbocycles. The van der Waals surface area contributed by atoms with E-state index in [9.17, 15) is 0 Å². The van der Waals surface area contributed by atoms with Gasteiger partial charge < -0.3 is 0 Å². The largest absolute Gasteiger partial charge is 0.0587 e. The first-order chi connectivity index (χ1) is 7.03. The van der Waals surface area contributed by atoms with Gasteiger partial charge in [-0.05, 0) is 42.3 Å². The normalized spacial score (nSPS) is 15.0. The fourth-order valence-electron chi connectivity index (χ4n) is 1.90. The molecule has 14 heavy (non-hydrogen) atoms. The van der Waals surface area contributed by atoms with E-state index in [-0.39, 0.29) is 0 Å². The van der Waals surface area contributed by atoms with Crippen LogP contribution in [-0.2, 0) is 0 Å². The van der Waals surface area contributed by atoms with Gasteiger partial charge in [0.25, 0.3) is 0 Å². The third-order valence-electron chi connectivity index (χ3n) is 2.63. The standard InChI is InChI=1S/C14H22/c1-9(2)13-7-11(5)8-14(10(3)4)12(13)6/h7-10H,1-6H3/i9D,10D. The third kappa shape index (κ3) is 2.17. The van der Waals surface area contributed by atoms with E-state index in [1.807, 2.05) is 41.5 Å². The molecular formula is C14H22. The van der Waals surface area contributed by atoms with Crippen LogP contribution in [-0.4, -0.2) is 0 Å². The second kappa shape index (κ2) is 4.16. The molecule has 1 rings (SSSR count). The molecule has 0 atom stereocenters. The number of hydrogen-bond acceptors (Lipinski definition) is 0. The SMILES string of the molecule is [2H]C(C)(C)c1cc(C)cc(C([2H])(C)C)c1C. The van der Waals surface area contributed by atoms with E-state index in [2.05, 4.69) is 12.1 Å². The smallest absolute Gasteiger partial charge is 0.0347 e. The van der Waals surface area contributed by atoms with Crippen LogP contribution in [0.1, 0.15) is 64.5 Å². The molecule has 0 saturated carbocycles. The first-order valence-electron chi connectivity index (χ1n) is 6.15. The molecule has 0 spiro atoms. The summed E-state index contributed by atoms with van der Waals surface area (Å²) in [7, 11) is 0. The molecular weight excluding hydrogens is 168 g/mol. The minimum Gasteiger partial charge on any atom is -0.0587 e. The van der Waals surface area contributed by atoms with Gasteiger partial charge in [-0.1, -0.05) is 45.4 Å². The fourth-order valence-corrected chi connectivity index (χ4v) is 1.90. The number of rotatable bonds is 2. The summed E-state index contributed by atoms with van der Waals surface area (Å²) < 4.78 is 16.3. The second-order valence-electron chi connectivity index (χ2n) is 4.49. The van der Waals surface area contributed by atoms with Gasteiger partial charge in [0.05, 0.1) is 0 Å². The highest BCUT2D eigenvalue weighted by atomic mass is 14.2. The molecule has 0 aromatic heterocycles. The van der Waals surface area contributed by atoms with Crippen LogP contribution >= 0.6 is 0 Å². The van der Waals surface area contributed by atoms with Crippen molar-refractivity contribution in [1.29, 1.82) is 0 Å². The van der Waals surface area contributed by atoms with Crippen LogP contribution in [0.15, 0.2) is 12.1 Å². The first-order valence-corrected chi connectivity index (χ1v) is 5.15. The fraction of sp³-hybridized carbons (Fsp3) is 0.571. The van der Waals surface area contributed by atoms with Crippen molar-refractivity contribution >= 4 is 0 Å². The van der Waals surface area contributed by atoms with Crippen molar-refractivity contribution in [2.24, 2.45) is 0 Å².